The van der Waals surface area contributed by atoms with Crippen molar-refractivity contribution < 1.29 is 13.2 Å². The van der Waals surface area contributed by atoms with E-state index in [0.717, 1.165) is 28.0 Å². The first kappa shape index (κ1) is 23.8. The average Bonchev–Trinajstić information content (AvgIpc) is 3.41. The Morgan fingerprint density at radius 1 is 1.03 bits per heavy atom. The van der Waals surface area contributed by atoms with Crippen LogP contribution in [0.4, 0.5) is 10.5 Å². The zero-order valence-corrected chi connectivity index (χ0v) is 21.4. The molecular formula is C23H18Cl2N4O4S2. The summed E-state index contributed by atoms with van der Waals surface area (Å²) in [7, 11) is -2.09. The predicted molar refractivity (Wildman–Crippen MR) is 138 cm³/mol. The fourth-order valence-corrected chi connectivity index (χ4v) is 6.84. The lowest BCUT2D eigenvalue weighted by Crippen LogP contribution is -2.34. The van der Waals surface area contributed by atoms with E-state index >= 15 is 0 Å². The molecule has 5 rings (SSSR count). The second-order valence-electron chi connectivity index (χ2n) is 8.07. The summed E-state index contributed by atoms with van der Waals surface area (Å²) in [5.74, 6) is 0. The lowest BCUT2D eigenvalue weighted by Gasteiger charge is -2.16. The number of aromatic nitrogens is 1. The number of nitrogens with one attached hydrogen (secondary N) is 2. The van der Waals surface area contributed by atoms with Crippen LogP contribution in [0, 0.1) is 0 Å². The molecule has 1 aliphatic rings. The van der Waals surface area contributed by atoms with E-state index in [1.807, 2.05) is 30.0 Å². The molecule has 2 aromatic heterocycles. The van der Waals surface area contributed by atoms with Gasteiger partial charge in [-0.3, -0.25) is 14.3 Å². The first-order chi connectivity index (χ1) is 16.6. The highest BCUT2D eigenvalue weighted by atomic mass is 35.5. The molecule has 0 saturated heterocycles. The van der Waals surface area contributed by atoms with Crippen molar-refractivity contribution in [1.29, 1.82) is 0 Å². The van der Waals surface area contributed by atoms with Crippen molar-refractivity contribution in [1.82, 2.24) is 14.2 Å². The molecule has 2 amide bonds. The molecule has 12 heteroatoms. The summed E-state index contributed by atoms with van der Waals surface area (Å²) >= 11 is 13.2. The van der Waals surface area contributed by atoms with Gasteiger partial charge in [0.2, 0.25) is 0 Å². The Labute approximate surface area is 214 Å². The van der Waals surface area contributed by atoms with Crippen molar-refractivity contribution >= 4 is 67.1 Å². The van der Waals surface area contributed by atoms with Gasteiger partial charge in [-0.05, 0) is 54.4 Å². The third-order valence-electron chi connectivity index (χ3n) is 5.64. The summed E-state index contributed by atoms with van der Waals surface area (Å²) in [5, 5.41) is 4.21. The number of anilines is 1. The van der Waals surface area contributed by atoms with Gasteiger partial charge in [-0.15, -0.1) is 11.3 Å². The Morgan fingerprint density at radius 3 is 2.46 bits per heavy atom. The van der Waals surface area contributed by atoms with Gasteiger partial charge < -0.3 is 5.32 Å². The van der Waals surface area contributed by atoms with Gasteiger partial charge in [-0.2, -0.15) is 0 Å². The highest BCUT2D eigenvalue weighted by Crippen LogP contribution is 2.32. The Morgan fingerprint density at radius 2 is 1.77 bits per heavy atom. The van der Waals surface area contributed by atoms with Gasteiger partial charge in [0.05, 0.1) is 15.0 Å². The van der Waals surface area contributed by atoms with E-state index in [2.05, 4.69) is 10.2 Å². The molecule has 0 unspecified atom stereocenters. The van der Waals surface area contributed by atoms with Crippen LogP contribution < -0.4 is 15.6 Å². The number of benzene rings is 2. The minimum absolute atomic E-state index is 0.0828. The number of carbonyl (C=O) groups is 1. The molecule has 0 saturated carbocycles. The number of urea groups is 1. The van der Waals surface area contributed by atoms with E-state index in [9.17, 15) is 18.0 Å². The number of halogens is 2. The third kappa shape index (κ3) is 4.43. The number of sulfonamides is 1. The van der Waals surface area contributed by atoms with E-state index < -0.39 is 16.1 Å². The largest absolute Gasteiger partial charge is 0.333 e. The Hall–Kier alpha value is -2.89. The molecule has 0 spiro atoms. The maximum atomic E-state index is 13.4. The number of nitrogens with zero attached hydrogens (tertiary/aromatic N) is 2. The van der Waals surface area contributed by atoms with Gasteiger partial charge in [0, 0.05) is 29.9 Å². The molecule has 35 heavy (non-hydrogen) atoms. The zero-order valence-electron chi connectivity index (χ0n) is 18.2. The summed E-state index contributed by atoms with van der Waals surface area (Å²) in [6, 6.07) is 13.9. The predicted octanol–water partition coefficient (Wildman–Crippen LogP) is 4.81. The van der Waals surface area contributed by atoms with Crippen molar-refractivity contribution in [3.8, 4) is 5.69 Å². The van der Waals surface area contributed by atoms with Crippen molar-refractivity contribution in [3.63, 3.8) is 0 Å². The lowest BCUT2D eigenvalue weighted by atomic mass is 10.0. The van der Waals surface area contributed by atoms with E-state index in [1.165, 1.54) is 18.2 Å². The quantitative estimate of drug-likeness (QED) is 0.381. The topological polar surface area (TPSA) is 101 Å². The number of pyridine rings is 1. The zero-order chi connectivity index (χ0) is 24.9. The summed E-state index contributed by atoms with van der Waals surface area (Å²) in [5.41, 5.74) is 2.48. The minimum atomic E-state index is -4.07. The molecule has 0 radical (unpaired) electrons. The van der Waals surface area contributed by atoms with Crippen LogP contribution in [0.3, 0.4) is 0 Å². The standard InChI is InChI=1S/C23H18Cl2N4O4S2/c1-28-11-16-14-4-2-3-5-15(14)22(30)29(19(16)12-28)18-7-6-13(10-17(18)24)26-23(31)27-35(32,33)21-9-8-20(25)34-21/h2-10H,11-12H2,1H3,(H2,26,27,31). The van der Waals surface area contributed by atoms with Crippen LogP contribution in [0.1, 0.15) is 11.3 Å². The van der Waals surface area contributed by atoms with Crippen molar-refractivity contribution in [2.75, 3.05) is 12.4 Å². The third-order valence-corrected chi connectivity index (χ3v) is 9.00. The van der Waals surface area contributed by atoms with Crippen LogP contribution in [0.15, 0.2) is 63.6 Å². The minimum Gasteiger partial charge on any atom is -0.307 e. The second-order valence-corrected chi connectivity index (χ2v) is 12.1. The molecule has 4 aromatic rings. The Bertz CT molecular complexity index is 1660. The maximum absolute atomic E-state index is 13.4. The fraction of sp³-hybridized carbons (Fsp3) is 0.130. The molecule has 0 bridgehead atoms. The van der Waals surface area contributed by atoms with Gasteiger partial charge in [0.15, 0.2) is 0 Å². The van der Waals surface area contributed by atoms with Crippen LogP contribution in [0.5, 0.6) is 0 Å². The highest BCUT2D eigenvalue weighted by molar-refractivity contribution is 7.92. The van der Waals surface area contributed by atoms with Gasteiger partial charge in [-0.1, -0.05) is 41.4 Å². The number of fused-ring (bicyclic) bond motifs is 3. The summed E-state index contributed by atoms with van der Waals surface area (Å²) < 4.78 is 28.4. The number of hydrogen-bond donors (Lipinski definition) is 2. The number of rotatable bonds is 4. The Balaban J connectivity index is 1.47. The van der Waals surface area contributed by atoms with Gasteiger partial charge in [-0.25, -0.2) is 17.9 Å². The van der Waals surface area contributed by atoms with E-state index in [-0.39, 0.29) is 24.8 Å². The molecular weight excluding hydrogens is 531 g/mol. The Kier molecular flexibility index (Phi) is 6.10. The first-order valence-electron chi connectivity index (χ1n) is 10.4. The smallest absolute Gasteiger partial charge is 0.307 e. The molecule has 1 aliphatic heterocycles. The van der Waals surface area contributed by atoms with Gasteiger partial charge >= 0.3 is 6.03 Å². The number of amides is 2. The van der Waals surface area contributed by atoms with Crippen LogP contribution in [-0.2, 0) is 23.1 Å². The van der Waals surface area contributed by atoms with E-state index in [0.29, 0.717) is 24.2 Å². The van der Waals surface area contributed by atoms with E-state index in [1.54, 1.807) is 22.8 Å². The summed E-state index contributed by atoms with van der Waals surface area (Å²) in [6.07, 6.45) is 0. The highest BCUT2D eigenvalue weighted by Gasteiger charge is 2.26. The molecule has 3 heterocycles. The van der Waals surface area contributed by atoms with Crippen molar-refractivity contribution in [2.24, 2.45) is 0 Å². The van der Waals surface area contributed by atoms with Crippen LogP contribution in [0.2, 0.25) is 9.36 Å². The first-order valence-corrected chi connectivity index (χ1v) is 13.4. The summed E-state index contributed by atoms with van der Waals surface area (Å²) in [4.78, 5) is 27.9. The molecule has 8 nitrogen and oxygen atoms in total. The number of carbonyl (C=O) groups excluding carboxylic acids is 1. The molecule has 0 fully saturated rings. The number of hydrogen-bond acceptors (Lipinski definition) is 6. The normalized spacial score (nSPS) is 13.7. The van der Waals surface area contributed by atoms with Crippen LogP contribution in [-0.4, -0.2) is 31.0 Å². The molecule has 0 atom stereocenters. The van der Waals surface area contributed by atoms with Crippen molar-refractivity contribution in [3.05, 3.63) is 85.6 Å². The van der Waals surface area contributed by atoms with Gasteiger partial charge in [0.25, 0.3) is 15.6 Å². The molecule has 0 aliphatic carbocycles. The monoisotopic (exact) mass is 548 g/mol. The second kappa shape index (κ2) is 8.96. The van der Waals surface area contributed by atoms with E-state index in [4.69, 9.17) is 23.2 Å². The SMILES string of the molecule is CN1Cc2c(n(-c3ccc(NC(=O)NS(=O)(=O)c4ccc(Cl)s4)cc3Cl)c(=O)c3ccccc23)C1. The fourth-order valence-electron chi connectivity index (χ4n) is 4.18. The maximum Gasteiger partial charge on any atom is 0.333 e. The number of thiophene rings is 1. The van der Waals surface area contributed by atoms with Crippen LogP contribution >= 0.6 is 34.5 Å². The molecule has 180 valence electrons. The molecule has 2 N–H and O–H groups in total. The van der Waals surface area contributed by atoms with Crippen LogP contribution in [0.25, 0.3) is 16.5 Å². The average molecular weight is 549 g/mol. The van der Waals surface area contributed by atoms with Crippen molar-refractivity contribution in [2.45, 2.75) is 17.3 Å². The summed E-state index contributed by atoms with van der Waals surface area (Å²) in [6.45, 7) is 1.29. The molecule has 2 aromatic carbocycles. The van der Waals surface area contributed by atoms with Gasteiger partial charge in [0.1, 0.15) is 4.21 Å². The lowest BCUT2D eigenvalue weighted by molar-refractivity contribution is 0.256.